The Hall–Kier alpha value is -0.450. The van der Waals surface area contributed by atoms with Gasteiger partial charge in [0, 0.05) is 12.0 Å². The van der Waals surface area contributed by atoms with Gasteiger partial charge >= 0.3 is 0 Å². The van der Waals surface area contributed by atoms with Crippen LogP contribution in [0.15, 0.2) is 5.38 Å². The molecule has 1 unspecified atom stereocenters. The Morgan fingerprint density at radius 2 is 2.11 bits per heavy atom. The average Bonchev–Trinajstić information content (AvgIpc) is 2.98. The van der Waals surface area contributed by atoms with Gasteiger partial charge in [-0.15, -0.1) is 11.3 Å². The molecule has 2 N–H and O–H groups in total. The minimum atomic E-state index is -0.257. The molecule has 0 radical (unpaired) electrons. The fraction of sp³-hybridized carbons (Fsp3) is 0.786. The van der Waals surface area contributed by atoms with Crippen LogP contribution in [0.1, 0.15) is 63.6 Å². The van der Waals surface area contributed by atoms with Crippen molar-refractivity contribution in [3.05, 3.63) is 16.1 Å². The van der Waals surface area contributed by atoms with Gasteiger partial charge in [-0.1, -0.05) is 19.8 Å². The van der Waals surface area contributed by atoms with Gasteiger partial charge in [-0.3, -0.25) is 0 Å². The predicted octanol–water partition coefficient (Wildman–Crippen LogP) is 3.53. The molecule has 0 spiro atoms. The van der Waals surface area contributed by atoms with Gasteiger partial charge in [0.1, 0.15) is 10.6 Å². The molecular formula is C14H24N2OS. The van der Waals surface area contributed by atoms with E-state index in [0.717, 1.165) is 30.0 Å². The third-order valence-electron chi connectivity index (χ3n) is 4.10. The smallest absolute Gasteiger partial charge is 0.125 e. The lowest BCUT2D eigenvalue weighted by atomic mass is 9.95. The molecule has 3 nitrogen and oxygen atoms in total. The largest absolute Gasteiger partial charge is 0.368 e. The number of thiazole rings is 1. The summed E-state index contributed by atoms with van der Waals surface area (Å²) in [6, 6.07) is 0. The molecule has 102 valence electrons. The molecule has 0 aliphatic heterocycles. The van der Waals surface area contributed by atoms with Crippen LogP contribution in [0.25, 0.3) is 0 Å². The van der Waals surface area contributed by atoms with E-state index in [1.807, 2.05) is 6.92 Å². The highest BCUT2D eigenvalue weighted by Gasteiger charge is 2.36. The number of nitrogens with two attached hydrogens (primary N) is 1. The van der Waals surface area contributed by atoms with Crippen LogP contribution in [0.4, 0.5) is 0 Å². The minimum Gasteiger partial charge on any atom is -0.368 e. The van der Waals surface area contributed by atoms with E-state index in [1.54, 1.807) is 11.3 Å². The van der Waals surface area contributed by atoms with Crippen molar-refractivity contribution in [3.8, 4) is 0 Å². The summed E-state index contributed by atoms with van der Waals surface area (Å²) >= 11 is 1.69. The molecule has 0 aromatic carbocycles. The summed E-state index contributed by atoms with van der Waals surface area (Å²) in [5, 5.41) is 3.20. The summed E-state index contributed by atoms with van der Waals surface area (Å²) in [6.45, 7) is 7.01. The highest BCUT2D eigenvalue weighted by molar-refractivity contribution is 7.09. The van der Waals surface area contributed by atoms with Gasteiger partial charge in [0.05, 0.1) is 11.2 Å². The Balaban J connectivity index is 2.24. The van der Waals surface area contributed by atoms with Crippen LogP contribution in [-0.2, 0) is 15.9 Å². The first-order valence-electron chi connectivity index (χ1n) is 6.93. The molecule has 1 heterocycles. The van der Waals surface area contributed by atoms with Gasteiger partial charge < -0.3 is 10.5 Å². The fourth-order valence-electron chi connectivity index (χ4n) is 2.64. The van der Waals surface area contributed by atoms with Gasteiger partial charge in [-0.25, -0.2) is 4.98 Å². The van der Waals surface area contributed by atoms with Crippen molar-refractivity contribution in [1.29, 1.82) is 0 Å². The Morgan fingerprint density at radius 1 is 1.44 bits per heavy atom. The van der Waals surface area contributed by atoms with Gasteiger partial charge in [0.2, 0.25) is 0 Å². The number of aromatic nitrogens is 1. The van der Waals surface area contributed by atoms with E-state index in [0.29, 0.717) is 6.61 Å². The summed E-state index contributed by atoms with van der Waals surface area (Å²) in [4.78, 5) is 4.79. The quantitative estimate of drug-likeness (QED) is 0.888. The number of ether oxygens (including phenoxy) is 1. The van der Waals surface area contributed by atoms with E-state index in [4.69, 9.17) is 15.5 Å². The first-order valence-corrected chi connectivity index (χ1v) is 7.81. The Labute approximate surface area is 114 Å². The summed E-state index contributed by atoms with van der Waals surface area (Å²) < 4.78 is 5.88. The second-order valence-electron chi connectivity index (χ2n) is 5.42. The van der Waals surface area contributed by atoms with Crippen LogP contribution in [0.3, 0.4) is 0 Å². The lowest BCUT2D eigenvalue weighted by molar-refractivity contribution is -0.0326. The van der Waals surface area contributed by atoms with Gasteiger partial charge in [-0.2, -0.15) is 0 Å². The third kappa shape index (κ3) is 2.46. The van der Waals surface area contributed by atoms with Crippen molar-refractivity contribution in [2.24, 2.45) is 5.73 Å². The Bertz CT molecular complexity index is 398. The van der Waals surface area contributed by atoms with Gasteiger partial charge in [0.25, 0.3) is 0 Å². The predicted molar refractivity (Wildman–Crippen MR) is 75.7 cm³/mol. The highest BCUT2D eigenvalue weighted by atomic mass is 32.1. The zero-order chi connectivity index (χ0) is 13.2. The molecule has 4 heteroatoms. The molecule has 1 atom stereocenters. The van der Waals surface area contributed by atoms with Crippen LogP contribution < -0.4 is 5.73 Å². The number of nitrogens with zero attached hydrogens (tertiary/aromatic N) is 1. The molecule has 0 saturated heterocycles. The number of hydrogen-bond acceptors (Lipinski definition) is 4. The SMILES string of the molecule is CCOC(C)(CC)c1nc(C2(N)CCCC2)cs1. The first kappa shape index (κ1) is 14.0. The molecule has 0 bridgehead atoms. The van der Waals surface area contributed by atoms with Gasteiger partial charge in [-0.05, 0) is 33.1 Å². The molecule has 1 aromatic rings. The van der Waals surface area contributed by atoms with Crippen molar-refractivity contribution in [2.45, 2.75) is 64.0 Å². The molecule has 18 heavy (non-hydrogen) atoms. The molecular weight excluding hydrogens is 244 g/mol. The van der Waals surface area contributed by atoms with Crippen molar-refractivity contribution in [3.63, 3.8) is 0 Å². The summed E-state index contributed by atoms with van der Waals surface area (Å²) in [6.07, 6.45) is 5.51. The monoisotopic (exact) mass is 268 g/mol. The van der Waals surface area contributed by atoms with Crippen LogP contribution in [-0.4, -0.2) is 11.6 Å². The molecule has 1 aromatic heterocycles. The summed E-state index contributed by atoms with van der Waals surface area (Å²) in [5.74, 6) is 0. The van der Waals surface area contributed by atoms with Crippen LogP contribution in [0.2, 0.25) is 0 Å². The van der Waals surface area contributed by atoms with Crippen molar-refractivity contribution >= 4 is 11.3 Å². The van der Waals surface area contributed by atoms with Crippen molar-refractivity contribution in [2.75, 3.05) is 6.61 Å². The van der Waals surface area contributed by atoms with Crippen molar-refractivity contribution < 1.29 is 4.74 Å². The molecule has 1 aliphatic carbocycles. The van der Waals surface area contributed by atoms with E-state index < -0.39 is 0 Å². The standard InChI is InChI=1S/C14H24N2OS/c1-4-13(3,17-5-2)12-16-11(10-18-12)14(15)8-6-7-9-14/h10H,4-9,15H2,1-3H3. The molecule has 1 aliphatic rings. The summed E-state index contributed by atoms with van der Waals surface area (Å²) in [5.41, 5.74) is 7.08. The van der Waals surface area contributed by atoms with E-state index in [2.05, 4.69) is 19.2 Å². The summed E-state index contributed by atoms with van der Waals surface area (Å²) in [7, 11) is 0. The van der Waals surface area contributed by atoms with Crippen LogP contribution in [0.5, 0.6) is 0 Å². The normalized spacial score (nSPS) is 22.0. The second-order valence-corrected chi connectivity index (χ2v) is 6.28. The maximum atomic E-state index is 6.46. The zero-order valence-corrected chi connectivity index (χ0v) is 12.5. The molecule has 2 rings (SSSR count). The van der Waals surface area contributed by atoms with Crippen LogP contribution in [0, 0.1) is 0 Å². The van der Waals surface area contributed by atoms with E-state index in [9.17, 15) is 0 Å². The average molecular weight is 268 g/mol. The maximum Gasteiger partial charge on any atom is 0.125 e. The first-order chi connectivity index (χ1) is 8.54. The lowest BCUT2D eigenvalue weighted by Crippen LogP contribution is -2.34. The molecule has 1 saturated carbocycles. The van der Waals surface area contributed by atoms with Crippen molar-refractivity contribution in [1.82, 2.24) is 4.98 Å². The fourth-order valence-corrected chi connectivity index (χ4v) is 3.76. The number of hydrogen-bond donors (Lipinski definition) is 1. The molecule has 0 amide bonds. The maximum absolute atomic E-state index is 6.46. The topological polar surface area (TPSA) is 48.1 Å². The zero-order valence-electron chi connectivity index (χ0n) is 11.7. The minimum absolute atomic E-state index is 0.185. The lowest BCUT2D eigenvalue weighted by Gasteiger charge is -2.26. The van der Waals surface area contributed by atoms with E-state index in [1.165, 1.54) is 12.8 Å². The number of rotatable bonds is 5. The van der Waals surface area contributed by atoms with E-state index in [-0.39, 0.29) is 11.1 Å². The van der Waals surface area contributed by atoms with Crippen LogP contribution >= 0.6 is 11.3 Å². The Kier molecular flexibility index (Phi) is 4.09. The van der Waals surface area contributed by atoms with E-state index >= 15 is 0 Å². The van der Waals surface area contributed by atoms with Gasteiger partial charge in [0.15, 0.2) is 0 Å². The molecule has 1 fully saturated rings. The highest BCUT2D eigenvalue weighted by Crippen LogP contribution is 2.39. The third-order valence-corrected chi connectivity index (χ3v) is 5.19. The second kappa shape index (κ2) is 5.27. The Morgan fingerprint density at radius 3 is 2.67 bits per heavy atom.